The Morgan fingerprint density at radius 3 is 2.52 bits per heavy atom. The van der Waals surface area contributed by atoms with Crippen molar-refractivity contribution in [1.82, 2.24) is 5.32 Å². The summed E-state index contributed by atoms with van der Waals surface area (Å²) in [6.45, 7) is 0. The average Bonchev–Trinajstić information content (AvgIpc) is 3.29. The molecule has 0 radical (unpaired) electrons. The van der Waals surface area contributed by atoms with Gasteiger partial charge in [0.1, 0.15) is 5.75 Å². The van der Waals surface area contributed by atoms with Crippen molar-refractivity contribution in [3.8, 4) is 5.75 Å². The fourth-order valence-electron chi connectivity index (χ4n) is 2.49. The third-order valence-corrected chi connectivity index (χ3v) is 4.52. The second-order valence-corrected chi connectivity index (χ2v) is 6.99. The van der Waals surface area contributed by atoms with Crippen LogP contribution in [0.4, 0.5) is 11.4 Å². The van der Waals surface area contributed by atoms with E-state index in [1.807, 2.05) is 12.1 Å². The summed E-state index contributed by atoms with van der Waals surface area (Å²) in [7, 11) is 1.59. The van der Waals surface area contributed by atoms with E-state index in [2.05, 4.69) is 16.0 Å². The topological polar surface area (TPSA) is 92.6 Å². The van der Waals surface area contributed by atoms with Crippen molar-refractivity contribution in [1.29, 1.82) is 0 Å². The van der Waals surface area contributed by atoms with Gasteiger partial charge in [0.25, 0.3) is 5.91 Å². The monoisotopic (exact) mass is 455 g/mol. The Bertz CT molecular complexity index is 1110. The maximum absolute atomic E-state index is 12.1. The van der Waals surface area contributed by atoms with Gasteiger partial charge in [-0.2, -0.15) is 0 Å². The van der Waals surface area contributed by atoms with E-state index in [0.717, 1.165) is 11.3 Å². The molecule has 0 aliphatic rings. The highest BCUT2D eigenvalue weighted by Gasteiger charge is 2.11. The summed E-state index contributed by atoms with van der Waals surface area (Å²) < 4.78 is 10.1. The standard InChI is InChI=1S/C22H18ClN3O4S/c1-29-16-8-4-14(5-9-16)6-11-20(27)26-22(31)24-15-7-10-18(17(23)13-15)25-21(28)19-3-2-12-30-19/h2-13H,1H3,(H,25,28)(H2,24,26,27,31). The van der Waals surface area contributed by atoms with E-state index in [4.69, 9.17) is 33.0 Å². The molecule has 0 aliphatic carbocycles. The number of anilines is 2. The first-order valence-corrected chi connectivity index (χ1v) is 9.82. The van der Waals surface area contributed by atoms with Gasteiger partial charge in [0.15, 0.2) is 10.9 Å². The molecule has 9 heteroatoms. The summed E-state index contributed by atoms with van der Waals surface area (Å²) in [6, 6.07) is 15.3. The van der Waals surface area contributed by atoms with Gasteiger partial charge < -0.3 is 19.8 Å². The van der Waals surface area contributed by atoms with Crippen molar-refractivity contribution in [3.05, 3.63) is 83.3 Å². The number of carbonyl (C=O) groups excluding carboxylic acids is 2. The molecular formula is C22H18ClN3O4S. The lowest BCUT2D eigenvalue weighted by Crippen LogP contribution is -2.32. The maximum atomic E-state index is 12.1. The number of rotatable bonds is 6. The Morgan fingerprint density at radius 2 is 1.87 bits per heavy atom. The van der Waals surface area contributed by atoms with Crippen LogP contribution >= 0.6 is 23.8 Å². The first kappa shape index (κ1) is 22.1. The van der Waals surface area contributed by atoms with Crippen LogP contribution in [-0.4, -0.2) is 24.0 Å². The van der Waals surface area contributed by atoms with Crippen molar-refractivity contribution in [2.75, 3.05) is 17.7 Å². The first-order chi connectivity index (χ1) is 14.9. The molecule has 2 aromatic carbocycles. The van der Waals surface area contributed by atoms with Crippen LogP contribution in [0, 0.1) is 0 Å². The number of benzene rings is 2. The van der Waals surface area contributed by atoms with Gasteiger partial charge in [-0.3, -0.25) is 14.9 Å². The predicted octanol–water partition coefficient (Wildman–Crippen LogP) is 4.72. The van der Waals surface area contributed by atoms with Gasteiger partial charge in [-0.15, -0.1) is 0 Å². The smallest absolute Gasteiger partial charge is 0.291 e. The molecule has 3 rings (SSSR count). The molecule has 0 saturated carbocycles. The maximum Gasteiger partial charge on any atom is 0.291 e. The number of nitrogens with one attached hydrogen (secondary N) is 3. The van der Waals surface area contributed by atoms with Gasteiger partial charge in [0, 0.05) is 11.8 Å². The quantitative estimate of drug-likeness (QED) is 0.368. The van der Waals surface area contributed by atoms with Gasteiger partial charge in [-0.05, 0) is 66.3 Å². The Kier molecular flexibility index (Phi) is 7.42. The van der Waals surface area contributed by atoms with Gasteiger partial charge in [0.05, 0.1) is 24.1 Å². The molecular weight excluding hydrogens is 438 g/mol. The van der Waals surface area contributed by atoms with E-state index in [9.17, 15) is 9.59 Å². The second kappa shape index (κ2) is 10.4. The Morgan fingerprint density at radius 1 is 1.10 bits per heavy atom. The number of furan rings is 1. The van der Waals surface area contributed by atoms with Gasteiger partial charge >= 0.3 is 0 Å². The fourth-order valence-corrected chi connectivity index (χ4v) is 2.93. The van der Waals surface area contributed by atoms with Crippen LogP contribution in [-0.2, 0) is 4.79 Å². The largest absolute Gasteiger partial charge is 0.497 e. The summed E-state index contributed by atoms with van der Waals surface area (Å²) in [4.78, 5) is 24.1. The van der Waals surface area contributed by atoms with Crippen LogP contribution in [0.2, 0.25) is 5.02 Å². The van der Waals surface area contributed by atoms with Crippen LogP contribution in [0.15, 0.2) is 71.4 Å². The summed E-state index contributed by atoms with van der Waals surface area (Å²) in [6.07, 6.45) is 4.44. The van der Waals surface area contributed by atoms with E-state index in [1.165, 1.54) is 12.3 Å². The lowest BCUT2D eigenvalue weighted by molar-refractivity contribution is -0.115. The Hall–Kier alpha value is -3.62. The zero-order valence-electron chi connectivity index (χ0n) is 16.3. The third kappa shape index (κ3) is 6.43. The molecule has 158 valence electrons. The third-order valence-electron chi connectivity index (χ3n) is 4.00. The van der Waals surface area contributed by atoms with E-state index in [-0.39, 0.29) is 16.8 Å². The zero-order valence-corrected chi connectivity index (χ0v) is 17.9. The number of amides is 2. The van der Waals surface area contributed by atoms with Crippen LogP contribution in [0.1, 0.15) is 16.1 Å². The van der Waals surface area contributed by atoms with Gasteiger partial charge in [-0.1, -0.05) is 23.7 Å². The van der Waals surface area contributed by atoms with Crippen LogP contribution in [0.25, 0.3) is 6.08 Å². The fraction of sp³-hybridized carbons (Fsp3) is 0.0455. The van der Waals surface area contributed by atoms with Crippen molar-refractivity contribution in [3.63, 3.8) is 0 Å². The Labute approximate surface area is 189 Å². The lowest BCUT2D eigenvalue weighted by atomic mass is 10.2. The molecule has 0 bridgehead atoms. The van der Waals surface area contributed by atoms with Crippen LogP contribution in [0.3, 0.4) is 0 Å². The molecule has 0 spiro atoms. The van der Waals surface area contributed by atoms with Crippen LogP contribution in [0.5, 0.6) is 5.75 Å². The van der Waals surface area contributed by atoms with E-state index < -0.39 is 5.91 Å². The number of methoxy groups -OCH3 is 1. The average molecular weight is 456 g/mol. The summed E-state index contributed by atoms with van der Waals surface area (Å²) >= 11 is 11.4. The molecule has 0 saturated heterocycles. The lowest BCUT2D eigenvalue weighted by Gasteiger charge is -2.11. The Balaban J connectivity index is 1.53. The molecule has 2 amide bonds. The van der Waals surface area contributed by atoms with Gasteiger partial charge in [0.2, 0.25) is 5.91 Å². The predicted molar refractivity (Wildman–Crippen MR) is 125 cm³/mol. The highest BCUT2D eigenvalue weighted by molar-refractivity contribution is 7.80. The zero-order chi connectivity index (χ0) is 22.2. The molecule has 7 nitrogen and oxygen atoms in total. The number of ether oxygens (including phenoxy) is 1. The van der Waals surface area contributed by atoms with Crippen molar-refractivity contribution in [2.24, 2.45) is 0 Å². The first-order valence-electron chi connectivity index (χ1n) is 9.03. The summed E-state index contributed by atoms with van der Waals surface area (Å²) in [5, 5.41) is 8.47. The normalized spacial score (nSPS) is 10.5. The minimum atomic E-state index is -0.418. The molecule has 0 aliphatic heterocycles. The number of hydrogen-bond donors (Lipinski definition) is 3. The molecule has 1 heterocycles. The van der Waals surface area contributed by atoms with Gasteiger partial charge in [-0.25, -0.2) is 0 Å². The summed E-state index contributed by atoms with van der Waals surface area (Å²) in [5.41, 5.74) is 1.80. The SMILES string of the molecule is COc1ccc(C=CC(=O)NC(=S)Nc2ccc(NC(=O)c3ccco3)c(Cl)c2)cc1. The van der Waals surface area contributed by atoms with E-state index in [1.54, 1.807) is 55.7 Å². The minimum absolute atomic E-state index is 0.104. The molecule has 0 unspecified atom stereocenters. The summed E-state index contributed by atoms with van der Waals surface area (Å²) in [5.74, 6) is 0.0998. The van der Waals surface area contributed by atoms with E-state index >= 15 is 0 Å². The number of hydrogen-bond acceptors (Lipinski definition) is 5. The molecule has 3 N–H and O–H groups in total. The van der Waals surface area contributed by atoms with Crippen molar-refractivity contribution in [2.45, 2.75) is 0 Å². The van der Waals surface area contributed by atoms with Crippen LogP contribution < -0.4 is 20.7 Å². The number of thiocarbonyl (C=S) groups is 1. The molecule has 1 aromatic heterocycles. The second-order valence-electron chi connectivity index (χ2n) is 6.18. The minimum Gasteiger partial charge on any atom is -0.497 e. The highest BCUT2D eigenvalue weighted by atomic mass is 35.5. The number of carbonyl (C=O) groups is 2. The molecule has 31 heavy (non-hydrogen) atoms. The van der Waals surface area contributed by atoms with Crippen molar-refractivity contribution < 1.29 is 18.7 Å². The van der Waals surface area contributed by atoms with E-state index in [0.29, 0.717) is 16.4 Å². The molecule has 0 atom stereocenters. The molecule has 3 aromatic rings. The van der Waals surface area contributed by atoms with Crippen molar-refractivity contribution >= 4 is 58.2 Å². The number of halogens is 1. The molecule has 0 fully saturated rings. The highest BCUT2D eigenvalue weighted by Crippen LogP contribution is 2.26.